The molecule has 1 atom stereocenters. The van der Waals surface area contributed by atoms with E-state index in [1.165, 1.54) is 11.1 Å². The summed E-state index contributed by atoms with van der Waals surface area (Å²) in [5, 5.41) is 3.54. The van der Waals surface area contributed by atoms with Crippen LogP contribution in [0.15, 0.2) is 48.5 Å². The first-order valence-electron chi connectivity index (χ1n) is 9.85. The lowest BCUT2D eigenvalue weighted by Gasteiger charge is -2.28. The first-order chi connectivity index (χ1) is 13.9. The van der Waals surface area contributed by atoms with E-state index in [4.69, 9.17) is 11.6 Å². The third kappa shape index (κ3) is 7.75. The van der Waals surface area contributed by atoms with Crippen molar-refractivity contribution in [2.75, 3.05) is 12.3 Å². The lowest BCUT2D eigenvalue weighted by Crippen LogP contribution is -2.48. The van der Waals surface area contributed by atoms with Gasteiger partial charge in [-0.25, -0.2) is 0 Å². The molecule has 2 amide bonds. The molecule has 0 bridgehead atoms. The summed E-state index contributed by atoms with van der Waals surface area (Å²) in [6, 6.07) is 15.1. The van der Waals surface area contributed by atoms with E-state index in [2.05, 4.69) is 36.5 Å². The van der Waals surface area contributed by atoms with Crippen molar-refractivity contribution in [3.05, 3.63) is 70.2 Å². The number of hydrogen-bond donors (Lipinski definition) is 1. The highest BCUT2D eigenvalue weighted by Gasteiger charge is 2.25. The Kier molecular flexibility index (Phi) is 9.55. The average Bonchev–Trinajstić information content (AvgIpc) is 2.72. The second-order valence-electron chi connectivity index (χ2n) is 7.09. The van der Waals surface area contributed by atoms with E-state index in [0.29, 0.717) is 23.9 Å². The number of nitrogens with zero attached hydrogens (tertiary/aromatic N) is 1. The van der Waals surface area contributed by atoms with E-state index in [1.807, 2.05) is 19.1 Å². The molecular weight excluding hydrogens is 404 g/mol. The molecule has 0 spiro atoms. The highest BCUT2D eigenvalue weighted by Crippen LogP contribution is 2.17. The fourth-order valence-electron chi connectivity index (χ4n) is 2.79. The molecule has 0 saturated carbocycles. The van der Waals surface area contributed by atoms with E-state index in [1.54, 1.807) is 35.7 Å². The van der Waals surface area contributed by atoms with Crippen molar-refractivity contribution in [3.8, 4) is 0 Å². The lowest BCUT2D eigenvalue weighted by molar-refractivity contribution is -0.138. The summed E-state index contributed by atoms with van der Waals surface area (Å²) in [5.74, 6) is 0.915. The minimum Gasteiger partial charge on any atom is -0.354 e. The van der Waals surface area contributed by atoms with Crippen LogP contribution in [0.4, 0.5) is 0 Å². The van der Waals surface area contributed by atoms with E-state index >= 15 is 0 Å². The number of aryl methyl sites for hydroxylation is 1. The fraction of sp³-hybridized carbons (Fsp3) is 0.391. The van der Waals surface area contributed by atoms with Gasteiger partial charge in [-0.2, -0.15) is 0 Å². The fourth-order valence-corrected chi connectivity index (χ4v) is 3.79. The van der Waals surface area contributed by atoms with Gasteiger partial charge in [-0.3, -0.25) is 9.59 Å². The normalized spacial score (nSPS) is 11.7. The summed E-state index contributed by atoms with van der Waals surface area (Å²) < 4.78 is 0. The van der Waals surface area contributed by atoms with Crippen LogP contribution in [-0.2, 0) is 21.9 Å². The van der Waals surface area contributed by atoms with Crippen LogP contribution in [0, 0.1) is 6.92 Å². The summed E-state index contributed by atoms with van der Waals surface area (Å²) in [6.45, 7) is 6.82. The zero-order valence-electron chi connectivity index (χ0n) is 17.3. The Labute approximate surface area is 183 Å². The van der Waals surface area contributed by atoms with Crippen LogP contribution in [0.3, 0.4) is 0 Å². The van der Waals surface area contributed by atoms with E-state index < -0.39 is 6.04 Å². The molecule has 29 heavy (non-hydrogen) atoms. The molecule has 0 unspecified atom stereocenters. The summed E-state index contributed by atoms with van der Waals surface area (Å²) in [7, 11) is 0. The van der Waals surface area contributed by atoms with Gasteiger partial charge in [0.05, 0.1) is 5.75 Å². The summed E-state index contributed by atoms with van der Waals surface area (Å²) in [5.41, 5.74) is 3.35. The molecule has 6 heteroatoms. The number of amides is 2. The Morgan fingerprint density at radius 3 is 2.31 bits per heavy atom. The molecule has 2 rings (SSSR count). The van der Waals surface area contributed by atoms with Gasteiger partial charge >= 0.3 is 0 Å². The molecule has 0 aromatic heterocycles. The van der Waals surface area contributed by atoms with Crippen LogP contribution in [-0.4, -0.2) is 35.1 Å². The molecule has 0 radical (unpaired) electrons. The number of nitrogens with one attached hydrogen (secondary N) is 1. The topological polar surface area (TPSA) is 49.4 Å². The Morgan fingerprint density at radius 1 is 1.07 bits per heavy atom. The smallest absolute Gasteiger partial charge is 0.242 e. The zero-order chi connectivity index (χ0) is 21.2. The largest absolute Gasteiger partial charge is 0.354 e. The Morgan fingerprint density at radius 2 is 1.69 bits per heavy atom. The number of carbonyl (C=O) groups excluding carboxylic acids is 2. The maximum absolute atomic E-state index is 13.0. The maximum Gasteiger partial charge on any atom is 0.242 e. The van der Waals surface area contributed by atoms with Crippen molar-refractivity contribution in [3.63, 3.8) is 0 Å². The predicted molar refractivity (Wildman–Crippen MR) is 122 cm³/mol. The predicted octanol–water partition coefficient (Wildman–Crippen LogP) is 4.83. The third-order valence-electron chi connectivity index (χ3n) is 4.60. The zero-order valence-corrected chi connectivity index (χ0v) is 18.9. The van der Waals surface area contributed by atoms with Crippen LogP contribution >= 0.6 is 23.4 Å². The summed E-state index contributed by atoms with van der Waals surface area (Å²) >= 11 is 7.53. The Hall–Kier alpha value is -1.98. The van der Waals surface area contributed by atoms with Gasteiger partial charge in [-0.15, -0.1) is 11.8 Å². The number of hydrogen-bond acceptors (Lipinski definition) is 3. The monoisotopic (exact) mass is 432 g/mol. The van der Waals surface area contributed by atoms with Crippen LogP contribution < -0.4 is 5.32 Å². The quantitative estimate of drug-likeness (QED) is 0.585. The number of rotatable bonds is 10. The van der Waals surface area contributed by atoms with Gasteiger partial charge < -0.3 is 10.2 Å². The SMILES string of the molecule is CCCNC(=O)[C@H](C)N(Cc1ccc(Cl)cc1)C(=O)CSCc1ccc(C)cc1. The first-order valence-corrected chi connectivity index (χ1v) is 11.4. The number of halogens is 1. The number of carbonyl (C=O) groups is 2. The second-order valence-corrected chi connectivity index (χ2v) is 8.52. The lowest BCUT2D eigenvalue weighted by atomic mass is 10.1. The van der Waals surface area contributed by atoms with Gasteiger partial charge in [-0.05, 0) is 43.5 Å². The summed E-state index contributed by atoms with van der Waals surface area (Å²) in [4.78, 5) is 27.1. The minimum atomic E-state index is -0.537. The van der Waals surface area contributed by atoms with Gasteiger partial charge in [0.15, 0.2) is 0 Å². The molecule has 2 aromatic carbocycles. The molecule has 0 saturated heterocycles. The van der Waals surface area contributed by atoms with Gasteiger partial charge in [0.25, 0.3) is 0 Å². The number of thioether (sulfide) groups is 1. The molecule has 0 aliphatic carbocycles. The highest BCUT2D eigenvalue weighted by atomic mass is 35.5. The molecule has 2 aromatic rings. The molecule has 0 aliphatic heterocycles. The van der Waals surface area contributed by atoms with Gasteiger partial charge in [0, 0.05) is 23.9 Å². The van der Waals surface area contributed by atoms with E-state index in [0.717, 1.165) is 17.7 Å². The van der Waals surface area contributed by atoms with Gasteiger partial charge in [0.1, 0.15) is 6.04 Å². The number of benzene rings is 2. The average molecular weight is 433 g/mol. The van der Waals surface area contributed by atoms with Crippen molar-refractivity contribution < 1.29 is 9.59 Å². The van der Waals surface area contributed by atoms with E-state index in [9.17, 15) is 9.59 Å². The van der Waals surface area contributed by atoms with E-state index in [-0.39, 0.29) is 11.8 Å². The molecule has 0 fully saturated rings. The Bertz CT molecular complexity index is 794. The van der Waals surface area contributed by atoms with Crippen molar-refractivity contribution in [2.45, 2.75) is 45.5 Å². The van der Waals surface area contributed by atoms with Crippen molar-refractivity contribution in [1.82, 2.24) is 10.2 Å². The molecule has 4 nitrogen and oxygen atoms in total. The Balaban J connectivity index is 2.03. The standard InChI is InChI=1S/C23H29ClN2O2S/c1-4-13-25-23(28)18(3)26(14-19-9-11-21(24)12-10-19)22(27)16-29-15-20-7-5-17(2)6-8-20/h5-12,18H,4,13-16H2,1-3H3,(H,25,28)/t18-/m0/s1. The highest BCUT2D eigenvalue weighted by molar-refractivity contribution is 7.99. The maximum atomic E-state index is 13.0. The van der Waals surface area contributed by atoms with Crippen LogP contribution in [0.5, 0.6) is 0 Å². The van der Waals surface area contributed by atoms with Crippen molar-refractivity contribution in [1.29, 1.82) is 0 Å². The molecule has 0 heterocycles. The first kappa shape index (κ1) is 23.3. The molecule has 1 N–H and O–H groups in total. The third-order valence-corrected chi connectivity index (χ3v) is 5.84. The minimum absolute atomic E-state index is 0.0452. The van der Waals surface area contributed by atoms with Crippen LogP contribution in [0.2, 0.25) is 5.02 Å². The van der Waals surface area contributed by atoms with Crippen molar-refractivity contribution in [2.24, 2.45) is 0 Å². The summed E-state index contributed by atoms with van der Waals surface area (Å²) in [6.07, 6.45) is 0.857. The van der Waals surface area contributed by atoms with Crippen molar-refractivity contribution >= 4 is 35.2 Å². The van der Waals surface area contributed by atoms with Gasteiger partial charge in [0.2, 0.25) is 11.8 Å². The van der Waals surface area contributed by atoms with Gasteiger partial charge in [-0.1, -0.05) is 60.5 Å². The second kappa shape index (κ2) is 11.9. The molecular formula is C23H29ClN2O2S. The van der Waals surface area contributed by atoms with Crippen LogP contribution in [0.1, 0.15) is 37.0 Å². The molecule has 156 valence electrons. The van der Waals surface area contributed by atoms with Crippen LogP contribution in [0.25, 0.3) is 0 Å². The molecule has 0 aliphatic rings.